The van der Waals surface area contributed by atoms with E-state index in [1.165, 1.54) is 0 Å². The second-order valence-electron chi connectivity index (χ2n) is 6.80. The minimum absolute atomic E-state index is 0.389. The van der Waals surface area contributed by atoms with Crippen LogP contribution in [0.5, 0.6) is 0 Å². The quantitative estimate of drug-likeness (QED) is 0.111. The first-order valence-electron chi connectivity index (χ1n) is 9.69. The highest BCUT2D eigenvalue weighted by atomic mass is 19.2. The lowest BCUT2D eigenvalue weighted by molar-refractivity contribution is 0.0393. The Labute approximate surface area is 181 Å². The molecule has 0 N–H and O–H groups in total. The zero-order valence-corrected chi connectivity index (χ0v) is 16.7. The summed E-state index contributed by atoms with van der Waals surface area (Å²) in [6, 6.07) is 17.8. The molecule has 3 rings (SSSR count). The Morgan fingerprint density at radius 3 is 1.91 bits per heavy atom. The predicted molar refractivity (Wildman–Crippen MR) is 108 cm³/mol. The van der Waals surface area contributed by atoms with E-state index in [0.717, 1.165) is 12.0 Å². The van der Waals surface area contributed by atoms with Gasteiger partial charge < -0.3 is 4.74 Å². The van der Waals surface area contributed by atoms with E-state index >= 15 is 0 Å². The maximum atomic E-state index is 14.0. The highest BCUT2D eigenvalue weighted by Gasteiger charge is 2.31. The van der Waals surface area contributed by atoms with Crippen LogP contribution in [0.15, 0.2) is 60.7 Å². The van der Waals surface area contributed by atoms with Gasteiger partial charge in [-0.05, 0) is 18.4 Å². The largest absolute Gasteiger partial charge is 0.440 e. The molecule has 164 valence electrons. The van der Waals surface area contributed by atoms with Crippen molar-refractivity contribution < 1.29 is 31.5 Å². The third kappa shape index (κ3) is 5.33. The molecule has 0 saturated heterocycles. The van der Waals surface area contributed by atoms with E-state index in [9.17, 15) is 26.7 Å². The van der Waals surface area contributed by atoms with Crippen LogP contribution in [-0.4, -0.2) is 5.97 Å². The molecule has 0 aromatic heterocycles. The molecule has 0 aliphatic rings. The van der Waals surface area contributed by atoms with Crippen molar-refractivity contribution in [1.82, 2.24) is 0 Å². The van der Waals surface area contributed by atoms with Crippen molar-refractivity contribution in [2.24, 2.45) is 0 Å². The van der Waals surface area contributed by atoms with E-state index in [4.69, 9.17) is 4.74 Å². The van der Waals surface area contributed by atoms with Gasteiger partial charge in [0.25, 0.3) is 0 Å². The van der Waals surface area contributed by atoms with Crippen molar-refractivity contribution in [3.63, 3.8) is 0 Å². The van der Waals surface area contributed by atoms with Crippen LogP contribution in [0.3, 0.4) is 0 Å². The second-order valence-corrected chi connectivity index (χ2v) is 6.80. The fourth-order valence-corrected chi connectivity index (χ4v) is 2.95. The lowest BCUT2D eigenvalue weighted by atomic mass is 10.1. The van der Waals surface area contributed by atoms with Gasteiger partial charge in [0.1, 0.15) is 5.56 Å². The third-order valence-electron chi connectivity index (χ3n) is 4.58. The Bertz CT molecular complexity index is 1120. The van der Waals surface area contributed by atoms with Crippen molar-refractivity contribution in [2.75, 3.05) is 0 Å². The summed E-state index contributed by atoms with van der Waals surface area (Å²) in [6.07, 6.45) is 0.675. The summed E-state index contributed by atoms with van der Waals surface area (Å²) < 4.78 is 73.1. The fourth-order valence-electron chi connectivity index (χ4n) is 2.95. The Morgan fingerprint density at radius 1 is 0.781 bits per heavy atom. The number of esters is 1. The van der Waals surface area contributed by atoms with Crippen LogP contribution in [0.2, 0.25) is 0 Å². The molecule has 0 amide bonds. The van der Waals surface area contributed by atoms with Gasteiger partial charge in [-0.2, -0.15) is 0 Å². The molecule has 0 aliphatic heterocycles. The molecule has 0 spiro atoms. The number of carbonyl (C=O) groups is 1. The van der Waals surface area contributed by atoms with Crippen LogP contribution in [-0.2, 0) is 11.2 Å². The van der Waals surface area contributed by atoms with Crippen LogP contribution in [0.25, 0.3) is 0 Å². The van der Waals surface area contributed by atoms with Crippen LogP contribution in [0, 0.1) is 40.9 Å². The van der Waals surface area contributed by atoms with Gasteiger partial charge in [0, 0.05) is 12.0 Å². The SMILES string of the molecule is O=C(O[C@@H](C#CCCCc1ccccc1)c1ccccc1)c1c(F)c(F)c(F)c(F)c1F. The lowest BCUT2D eigenvalue weighted by Gasteiger charge is -2.14. The zero-order valence-electron chi connectivity index (χ0n) is 16.7. The number of benzene rings is 3. The van der Waals surface area contributed by atoms with Crippen LogP contribution < -0.4 is 0 Å². The number of aryl methyl sites for hydroxylation is 1. The van der Waals surface area contributed by atoms with Crippen molar-refractivity contribution in [2.45, 2.75) is 25.4 Å². The summed E-state index contributed by atoms with van der Waals surface area (Å²) in [7, 11) is 0. The van der Waals surface area contributed by atoms with Crippen molar-refractivity contribution in [3.8, 4) is 11.8 Å². The maximum Gasteiger partial charge on any atom is 0.345 e. The number of hydrogen-bond donors (Lipinski definition) is 0. The number of rotatable bonds is 6. The van der Waals surface area contributed by atoms with Gasteiger partial charge in [0.15, 0.2) is 29.4 Å². The third-order valence-corrected chi connectivity index (χ3v) is 4.58. The van der Waals surface area contributed by atoms with Crippen molar-refractivity contribution in [3.05, 3.63) is 106 Å². The molecule has 3 aromatic carbocycles. The molecule has 0 heterocycles. The van der Waals surface area contributed by atoms with Gasteiger partial charge in [-0.3, -0.25) is 0 Å². The molecule has 1 atom stereocenters. The molecule has 0 saturated carbocycles. The maximum absolute atomic E-state index is 14.0. The van der Waals surface area contributed by atoms with Crippen molar-refractivity contribution in [1.29, 1.82) is 0 Å². The van der Waals surface area contributed by atoms with Gasteiger partial charge in [0.05, 0.1) is 0 Å². The monoisotopic (exact) mass is 444 g/mol. The van der Waals surface area contributed by atoms with Gasteiger partial charge in [-0.15, -0.1) is 0 Å². The Kier molecular flexibility index (Phi) is 7.61. The Morgan fingerprint density at radius 2 is 1.31 bits per heavy atom. The zero-order chi connectivity index (χ0) is 23.1. The smallest absolute Gasteiger partial charge is 0.345 e. The van der Waals surface area contributed by atoms with Crippen LogP contribution >= 0.6 is 0 Å². The van der Waals surface area contributed by atoms with Gasteiger partial charge in [-0.1, -0.05) is 72.5 Å². The lowest BCUT2D eigenvalue weighted by Crippen LogP contribution is -2.17. The number of halogens is 5. The van der Waals surface area contributed by atoms with Crippen LogP contribution in [0.4, 0.5) is 22.0 Å². The summed E-state index contributed by atoms with van der Waals surface area (Å²) in [6.45, 7) is 0. The Hall–Kier alpha value is -3.66. The normalized spacial score (nSPS) is 11.4. The molecular formula is C25H17F5O2. The van der Waals surface area contributed by atoms with Crippen LogP contribution in [0.1, 0.15) is 40.4 Å². The topological polar surface area (TPSA) is 26.3 Å². The molecule has 0 radical (unpaired) electrons. The molecule has 0 fully saturated rings. The number of carbonyl (C=O) groups excluding carboxylic acids is 1. The summed E-state index contributed by atoms with van der Waals surface area (Å²) in [5.41, 5.74) is -0.139. The number of hydrogen-bond acceptors (Lipinski definition) is 2. The standard InChI is InChI=1S/C25H17F5O2/c26-20-19(21(27)23(29)24(30)22(20)28)25(31)32-18(17-13-7-3-8-14-17)15-9-2-6-12-16-10-4-1-5-11-16/h1,3-5,7-8,10-11,13-14,18H,2,6,12H2/t18-/m0/s1. The molecule has 0 aliphatic carbocycles. The highest BCUT2D eigenvalue weighted by molar-refractivity contribution is 5.90. The molecule has 32 heavy (non-hydrogen) atoms. The van der Waals surface area contributed by atoms with E-state index in [0.29, 0.717) is 18.4 Å². The molecule has 3 aromatic rings. The molecule has 7 heteroatoms. The fraction of sp³-hybridized carbons (Fsp3) is 0.160. The first-order valence-corrected chi connectivity index (χ1v) is 9.69. The van der Waals surface area contributed by atoms with E-state index in [-0.39, 0.29) is 0 Å². The summed E-state index contributed by atoms with van der Waals surface area (Å²) in [5.74, 6) is -7.46. The molecule has 0 unspecified atom stereocenters. The first-order chi connectivity index (χ1) is 15.4. The number of ether oxygens (including phenoxy) is 1. The second kappa shape index (κ2) is 10.6. The van der Waals surface area contributed by atoms with E-state index < -0.39 is 46.7 Å². The average Bonchev–Trinajstić information content (AvgIpc) is 2.82. The van der Waals surface area contributed by atoms with Gasteiger partial charge in [-0.25, -0.2) is 26.7 Å². The summed E-state index contributed by atoms with van der Waals surface area (Å²) in [4.78, 5) is 12.3. The van der Waals surface area contributed by atoms with E-state index in [2.05, 4.69) is 11.8 Å². The minimum Gasteiger partial charge on any atom is -0.440 e. The minimum atomic E-state index is -2.35. The van der Waals surface area contributed by atoms with Gasteiger partial charge >= 0.3 is 5.97 Å². The molecule has 0 bridgehead atoms. The summed E-state index contributed by atoms with van der Waals surface area (Å²) in [5, 5.41) is 0. The Balaban J connectivity index is 1.79. The van der Waals surface area contributed by atoms with E-state index in [1.807, 2.05) is 30.3 Å². The average molecular weight is 444 g/mol. The predicted octanol–water partition coefficient (Wildman–Crippen LogP) is 6.31. The van der Waals surface area contributed by atoms with Crippen molar-refractivity contribution >= 4 is 5.97 Å². The summed E-state index contributed by atoms with van der Waals surface area (Å²) >= 11 is 0. The first kappa shape index (κ1) is 23.0. The molecule has 2 nitrogen and oxygen atoms in total. The van der Waals surface area contributed by atoms with E-state index in [1.54, 1.807) is 30.3 Å². The number of unbranched alkanes of at least 4 members (excludes halogenated alkanes) is 1. The van der Waals surface area contributed by atoms with Gasteiger partial charge in [0.2, 0.25) is 5.82 Å². The highest BCUT2D eigenvalue weighted by Crippen LogP contribution is 2.26. The molecular weight excluding hydrogens is 427 g/mol.